The molecule has 0 atom stereocenters. The van der Waals surface area contributed by atoms with Crippen molar-refractivity contribution in [2.45, 2.75) is 32.3 Å². The van der Waals surface area contributed by atoms with Crippen LogP contribution in [0, 0.1) is 11.3 Å². The number of thiophene rings is 1. The Bertz CT molecular complexity index is 1080. The second kappa shape index (κ2) is 8.01. The van der Waals surface area contributed by atoms with Gasteiger partial charge in [-0.15, -0.1) is 11.3 Å². The summed E-state index contributed by atoms with van der Waals surface area (Å²) in [6.07, 6.45) is 3.95. The Morgan fingerprint density at radius 3 is 2.76 bits per heavy atom. The molecule has 2 heterocycles. The van der Waals surface area contributed by atoms with Gasteiger partial charge >= 0.3 is 6.61 Å². The number of carbonyl (C=O) groups is 1. The Balaban J connectivity index is 1.51. The molecule has 29 heavy (non-hydrogen) atoms. The van der Waals surface area contributed by atoms with E-state index in [2.05, 4.69) is 26.3 Å². The lowest BCUT2D eigenvalue weighted by molar-refractivity contribution is -0.0498. The van der Waals surface area contributed by atoms with E-state index in [-0.39, 0.29) is 11.4 Å². The first-order valence-corrected chi connectivity index (χ1v) is 9.83. The molecule has 148 valence electrons. The number of H-pyrrole nitrogens is 1. The molecule has 1 aliphatic carbocycles. The molecule has 0 saturated carbocycles. The second-order valence-corrected chi connectivity index (χ2v) is 7.66. The summed E-state index contributed by atoms with van der Waals surface area (Å²) >= 11 is 1.46. The number of ether oxygens (including phenoxy) is 1. The van der Waals surface area contributed by atoms with Gasteiger partial charge in [-0.1, -0.05) is 0 Å². The minimum atomic E-state index is -2.89. The highest BCUT2D eigenvalue weighted by Gasteiger charge is 2.22. The predicted molar refractivity (Wildman–Crippen MR) is 104 cm³/mol. The molecule has 0 fully saturated rings. The number of carbonyl (C=O) groups excluding carboxylic acids is 1. The summed E-state index contributed by atoms with van der Waals surface area (Å²) in [4.78, 5) is 13.8. The van der Waals surface area contributed by atoms with Crippen LogP contribution in [-0.2, 0) is 12.8 Å². The van der Waals surface area contributed by atoms with E-state index >= 15 is 0 Å². The van der Waals surface area contributed by atoms with Gasteiger partial charge in [0.25, 0.3) is 5.91 Å². The highest BCUT2D eigenvalue weighted by Crippen LogP contribution is 2.37. The average molecular weight is 414 g/mol. The summed E-state index contributed by atoms with van der Waals surface area (Å²) in [5, 5.41) is 19.7. The quantitative estimate of drug-likeness (QED) is 0.631. The summed E-state index contributed by atoms with van der Waals surface area (Å²) in [7, 11) is 0. The number of nitrogens with zero attached hydrogens (tertiary/aromatic N) is 2. The smallest absolute Gasteiger partial charge is 0.387 e. The first-order valence-electron chi connectivity index (χ1n) is 9.02. The van der Waals surface area contributed by atoms with Gasteiger partial charge in [-0.2, -0.15) is 19.1 Å². The number of aromatic amines is 1. The maximum absolute atomic E-state index is 12.6. The SMILES string of the molecule is N#Cc1c(NC(=O)c2cc(-c3ccc(OC(F)F)cc3)n[nH]2)sc2c1CCCC2. The van der Waals surface area contributed by atoms with E-state index in [1.807, 2.05) is 0 Å². The zero-order valence-corrected chi connectivity index (χ0v) is 16.0. The zero-order valence-electron chi connectivity index (χ0n) is 15.2. The fourth-order valence-corrected chi connectivity index (χ4v) is 4.57. The lowest BCUT2D eigenvalue weighted by Gasteiger charge is -2.09. The molecule has 0 bridgehead atoms. The molecule has 3 aromatic rings. The number of hydrogen-bond donors (Lipinski definition) is 2. The molecular formula is C20H16F2N4O2S. The van der Waals surface area contributed by atoms with Crippen LogP contribution in [0.1, 0.15) is 39.3 Å². The molecule has 2 aromatic heterocycles. The fourth-order valence-electron chi connectivity index (χ4n) is 3.34. The third-order valence-corrected chi connectivity index (χ3v) is 5.92. The molecule has 1 amide bonds. The van der Waals surface area contributed by atoms with Crippen LogP contribution in [0.3, 0.4) is 0 Å². The highest BCUT2D eigenvalue weighted by molar-refractivity contribution is 7.16. The van der Waals surface area contributed by atoms with Crippen LogP contribution < -0.4 is 10.1 Å². The van der Waals surface area contributed by atoms with Gasteiger partial charge in [-0.3, -0.25) is 9.89 Å². The van der Waals surface area contributed by atoms with Crippen LogP contribution in [-0.4, -0.2) is 22.7 Å². The molecule has 0 spiro atoms. The average Bonchev–Trinajstić information content (AvgIpc) is 3.32. The molecule has 6 nitrogen and oxygen atoms in total. The number of halogens is 2. The summed E-state index contributed by atoms with van der Waals surface area (Å²) in [5.41, 5.74) is 2.97. The minimum absolute atomic E-state index is 0.0444. The predicted octanol–water partition coefficient (Wildman–Crippen LogP) is 4.74. The van der Waals surface area contributed by atoms with E-state index in [1.54, 1.807) is 18.2 Å². The maximum atomic E-state index is 12.6. The summed E-state index contributed by atoms with van der Waals surface area (Å²) in [5.74, 6) is -0.348. The van der Waals surface area contributed by atoms with Gasteiger partial charge in [0.2, 0.25) is 0 Å². The van der Waals surface area contributed by atoms with E-state index in [0.717, 1.165) is 31.2 Å². The van der Waals surface area contributed by atoms with Gasteiger partial charge in [-0.05, 0) is 61.6 Å². The summed E-state index contributed by atoms with van der Waals surface area (Å²) < 4.78 is 28.8. The van der Waals surface area contributed by atoms with Crippen molar-refractivity contribution in [2.75, 3.05) is 5.32 Å². The molecule has 2 N–H and O–H groups in total. The summed E-state index contributed by atoms with van der Waals surface area (Å²) in [6.45, 7) is -2.89. The number of nitrogens with one attached hydrogen (secondary N) is 2. The van der Waals surface area contributed by atoms with Crippen LogP contribution in [0.15, 0.2) is 30.3 Å². The normalized spacial score (nSPS) is 13.0. The lowest BCUT2D eigenvalue weighted by Crippen LogP contribution is -2.12. The molecule has 4 rings (SSSR count). The van der Waals surface area contributed by atoms with Crippen molar-refractivity contribution in [2.24, 2.45) is 0 Å². The summed E-state index contributed by atoms with van der Waals surface area (Å²) in [6, 6.07) is 9.76. The Morgan fingerprint density at radius 1 is 1.28 bits per heavy atom. The molecule has 1 aliphatic rings. The van der Waals surface area contributed by atoms with Crippen molar-refractivity contribution < 1.29 is 18.3 Å². The van der Waals surface area contributed by atoms with Crippen LogP contribution in [0.4, 0.5) is 13.8 Å². The van der Waals surface area contributed by atoms with Gasteiger partial charge in [0.15, 0.2) is 0 Å². The van der Waals surface area contributed by atoms with Gasteiger partial charge in [0.05, 0.1) is 11.3 Å². The van der Waals surface area contributed by atoms with Crippen molar-refractivity contribution in [3.63, 3.8) is 0 Å². The van der Waals surface area contributed by atoms with Crippen molar-refractivity contribution in [1.29, 1.82) is 5.26 Å². The largest absolute Gasteiger partial charge is 0.435 e. The van der Waals surface area contributed by atoms with Crippen LogP contribution in [0.2, 0.25) is 0 Å². The molecule has 9 heteroatoms. The Kier molecular flexibility index (Phi) is 5.27. The monoisotopic (exact) mass is 414 g/mol. The number of hydrogen-bond acceptors (Lipinski definition) is 5. The van der Waals surface area contributed by atoms with E-state index < -0.39 is 12.5 Å². The topological polar surface area (TPSA) is 90.8 Å². The van der Waals surface area contributed by atoms with Crippen molar-refractivity contribution >= 4 is 22.2 Å². The van der Waals surface area contributed by atoms with Crippen molar-refractivity contribution in [3.05, 3.63) is 52.0 Å². The third kappa shape index (κ3) is 3.98. The van der Waals surface area contributed by atoms with E-state index in [1.165, 1.54) is 28.3 Å². The number of anilines is 1. The van der Waals surface area contributed by atoms with Gasteiger partial charge < -0.3 is 10.1 Å². The minimum Gasteiger partial charge on any atom is -0.435 e. The van der Waals surface area contributed by atoms with E-state index in [4.69, 9.17) is 0 Å². The molecule has 1 aromatic carbocycles. The Hall–Kier alpha value is -3.25. The Labute approximate surface area is 169 Å². The van der Waals surface area contributed by atoms with E-state index in [9.17, 15) is 18.8 Å². The van der Waals surface area contributed by atoms with Crippen LogP contribution in [0.5, 0.6) is 5.75 Å². The maximum Gasteiger partial charge on any atom is 0.387 e. The third-order valence-electron chi connectivity index (χ3n) is 4.71. The number of alkyl halides is 2. The number of fused-ring (bicyclic) bond motifs is 1. The highest BCUT2D eigenvalue weighted by atomic mass is 32.1. The van der Waals surface area contributed by atoms with Crippen LogP contribution in [0.25, 0.3) is 11.3 Å². The molecular weight excluding hydrogens is 398 g/mol. The molecule has 0 unspecified atom stereocenters. The number of benzene rings is 1. The first kappa shape index (κ1) is 19.1. The number of amides is 1. The molecule has 0 radical (unpaired) electrons. The number of rotatable bonds is 5. The van der Waals surface area contributed by atoms with Gasteiger partial charge in [-0.25, -0.2) is 0 Å². The molecule has 0 saturated heterocycles. The molecule has 0 aliphatic heterocycles. The second-order valence-electron chi connectivity index (χ2n) is 6.55. The number of aromatic nitrogens is 2. The van der Waals surface area contributed by atoms with Crippen LogP contribution >= 0.6 is 11.3 Å². The van der Waals surface area contributed by atoms with E-state index in [0.29, 0.717) is 21.8 Å². The van der Waals surface area contributed by atoms with Gasteiger partial charge in [0.1, 0.15) is 22.5 Å². The Morgan fingerprint density at radius 2 is 2.03 bits per heavy atom. The standard InChI is InChI=1S/C20H16F2N4O2S/c21-20(22)28-12-7-5-11(6-8-12)15-9-16(26-25-15)18(27)24-19-14(10-23)13-3-1-2-4-17(13)29-19/h5-9,20H,1-4H2,(H,24,27)(H,25,26). The fraction of sp³-hybridized carbons (Fsp3) is 0.250. The lowest BCUT2D eigenvalue weighted by atomic mass is 9.96. The zero-order chi connectivity index (χ0) is 20.4. The number of nitriles is 1. The van der Waals surface area contributed by atoms with Crippen molar-refractivity contribution in [1.82, 2.24) is 10.2 Å². The van der Waals surface area contributed by atoms with Gasteiger partial charge in [0, 0.05) is 10.4 Å². The first-order chi connectivity index (χ1) is 14.0. The van der Waals surface area contributed by atoms with Crippen molar-refractivity contribution in [3.8, 4) is 23.1 Å². The number of aryl methyl sites for hydroxylation is 1.